The third kappa shape index (κ3) is 1.90. The van der Waals surface area contributed by atoms with Crippen LogP contribution in [-0.2, 0) is 4.74 Å². The van der Waals surface area contributed by atoms with Crippen molar-refractivity contribution in [3.05, 3.63) is 48.2 Å². The van der Waals surface area contributed by atoms with Gasteiger partial charge in [0.05, 0.1) is 12.4 Å². The van der Waals surface area contributed by atoms with Crippen LogP contribution in [0.25, 0.3) is 0 Å². The molecule has 0 aromatic heterocycles. The number of aliphatic hydroxyl groups is 1. The molecule has 0 aliphatic carbocycles. The van der Waals surface area contributed by atoms with E-state index in [1.54, 1.807) is 12.3 Å². The minimum absolute atomic E-state index is 0.00111. The molecule has 1 aliphatic heterocycles. The van der Waals surface area contributed by atoms with Gasteiger partial charge < -0.3 is 9.84 Å². The maximum absolute atomic E-state index is 9.37. The molecular formula is C11H12O2. The van der Waals surface area contributed by atoms with Gasteiger partial charge in [0.1, 0.15) is 6.10 Å². The zero-order chi connectivity index (χ0) is 9.10. The van der Waals surface area contributed by atoms with Crippen LogP contribution in [-0.4, -0.2) is 11.2 Å². The van der Waals surface area contributed by atoms with Crippen LogP contribution in [0.4, 0.5) is 0 Å². The Morgan fingerprint density at radius 2 is 2.00 bits per heavy atom. The summed E-state index contributed by atoms with van der Waals surface area (Å²) in [7, 11) is 0. The first-order chi connectivity index (χ1) is 6.36. The summed E-state index contributed by atoms with van der Waals surface area (Å²) < 4.78 is 5.39. The van der Waals surface area contributed by atoms with Crippen LogP contribution >= 0.6 is 0 Å². The molecule has 0 spiro atoms. The monoisotopic (exact) mass is 176 g/mol. The van der Waals surface area contributed by atoms with E-state index in [4.69, 9.17) is 4.74 Å². The van der Waals surface area contributed by atoms with Gasteiger partial charge in [-0.3, -0.25) is 0 Å². The molecule has 0 radical (unpaired) electrons. The predicted molar refractivity (Wildman–Crippen MR) is 50.0 cm³/mol. The molecule has 2 nitrogen and oxygen atoms in total. The Morgan fingerprint density at radius 1 is 1.23 bits per heavy atom. The van der Waals surface area contributed by atoms with E-state index >= 15 is 0 Å². The zero-order valence-electron chi connectivity index (χ0n) is 7.26. The Labute approximate surface area is 77.5 Å². The molecule has 13 heavy (non-hydrogen) atoms. The number of benzene rings is 1. The molecule has 0 amide bonds. The van der Waals surface area contributed by atoms with Gasteiger partial charge >= 0.3 is 0 Å². The van der Waals surface area contributed by atoms with Crippen LogP contribution in [0.2, 0.25) is 0 Å². The first kappa shape index (κ1) is 8.32. The lowest BCUT2D eigenvalue weighted by Gasteiger charge is -2.22. The first-order valence-corrected chi connectivity index (χ1v) is 4.41. The molecule has 0 fully saturated rings. The molecule has 1 aromatic rings. The normalized spacial score (nSPS) is 26.8. The Bertz CT molecular complexity index is 292. The highest BCUT2D eigenvalue weighted by molar-refractivity contribution is 5.19. The van der Waals surface area contributed by atoms with Gasteiger partial charge in [-0.25, -0.2) is 0 Å². The maximum atomic E-state index is 9.37. The van der Waals surface area contributed by atoms with E-state index in [1.807, 2.05) is 30.3 Å². The van der Waals surface area contributed by atoms with Gasteiger partial charge in [-0.05, 0) is 11.6 Å². The molecule has 2 atom stereocenters. The van der Waals surface area contributed by atoms with Crippen molar-refractivity contribution in [2.75, 3.05) is 0 Å². The Hall–Kier alpha value is -1.28. The van der Waals surface area contributed by atoms with Crippen molar-refractivity contribution in [1.82, 2.24) is 0 Å². The molecule has 0 bridgehead atoms. The highest BCUT2D eigenvalue weighted by atomic mass is 16.5. The average Bonchev–Trinajstić information content (AvgIpc) is 2.19. The summed E-state index contributed by atoms with van der Waals surface area (Å²) in [6, 6.07) is 9.94. The van der Waals surface area contributed by atoms with Gasteiger partial charge in [-0.2, -0.15) is 0 Å². The molecule has 68 valence electrons. The molecule has 1 heterocycles. The van der Waals surface area contributed by atoms with Gasteiger partial charge in [0.25, 0.3) is 0 Å². The zero-order valence-corrected chi connectivity index (χ0v) is 7.26. The van der Waals surface area contributed by atoms with Crippen molar-refractivity contribution in [1.29, 1.82) is 0 Å². The summed E-state index contributed by atoms with van der Waals surface area (Å²) in [6.45, 7) is 0. The van der Waals surface area contributed by atoms with Crippen molar-refractivity contribution < 1.29 is 9.84 Å². The standard InChI is InChI=1S/C11H12O2/c12-10-6-7-13-11(8-10)9-4-2-1-3-5-9/h1-7,10-12H,8H2/t10-,11-/m1/s1. The fraction of sp³-hybridized carbons (Fsp3) is 0.273. The summed E-state index contributed by atoms with van der Waals surface area (Å²) >= 11 is 0. The van der Waals surface area contributed by atoms with E-state index in [-0.39, 0.29) is 12.2 Å². The third-order valence-corrected chi connectivity index (χ3v) is 2.17. The van der Waals surface area contributed by atoms with Gasteiger partial charge in [0, 0.05) is 6.42 Å². The second-order valence-electron chi connectivity index (χ2n) is 3.17. The molecule has 1 aliphatic rings. The Morgan fingerprint density at radius 3 is 2.69 bits per heavy atom. The van der Waals surface area contributed by atoms with Crippen molar-refractivity contribution in [3.8, 4) is 0 Å². The van der Waals surface area contributed by atoms with Crippen molar-refractivity contribution >= 4 is 0 Å². The summed E-state index contributed by atoms with van der Waals surface area (Å²) in [5.41, 5.74) is 1.12. The van der Waals surface area contributed by atoms with Crippen molar-refractivity contribution in [2.45, 2.75) is 18.6 Å². The summed E-state index contributed by atoms with van der Waals surface area (Å²) in [6.07, 6.45) is 3.51. The fourth-order valence-electron chi connectivity index (χ4n) is 1.47. The SMILES string of the molecule is O[C@@H]1C=CO[C@@H](c2ccccc2)C1. The molecule has 0 unspecified atom stereocenters. The number of ether oxygens (including phenoxy) is 1. The largest absolute Gasteiger partial charge is 0.493 e. The smallest absolute Gasteiger partial charge is 0.126 e. The van der Waals surface area contributed by atoms with Crippen LogP contribution in [0.3, 0.4) is 0 Å². The van der Waals surface area contributed by atoms with Crippen molar-refractivity contribution in [3.63, 3.8) is 0 Å². The van der Waals surface area contributed by atoms with Gasteiger partial charge in [0.2, 0.25) is 0 Å². The predicted octanol–water partition coefficient (Wildman–Crippen LogP) is 2.02. The van der Waals surface area contributed by atoms with E-state index < -0.39 is 0 Å². The topological polar surface area (TPSA) is 29.5 Å². The van der Waals surface area contributed by atoms with Crippen LogP contribution in [0.5, 0.6) is 0 Å². The highest BCUT2D eigenvalue weighted by Crippen LogP contribution is 2.26. The molecule has 2 heteroatoms. The molecule has 1 aromatic carbocycles. The van der Waals surface area contributed by atoms with E-state index in [2.05, 4.69) is 0 Å². The molecule has 2 rings (SSSR count). The van der Waals surface area contributed by atoms with E-state index in [9.17, 15) is 5.11 Å². The summed E-state index contributed by atoms with van der Waals surface area (Å²) in [5, 5.41) is 9.37. The maximum Gasteiger partial charge on any atom is 0.126 e. The quantitative estimate of drug-likeness (QED) is 0.709. The molecule has 1 N–H and O–H groups in total. The van der Waals surface area contributed by atoms with Crippen molar-refractivity contribution in [2.24, 2.45) is 0 Å². The second-order valence-corrected chi connectivity index (χ2v) is 3.17. The number of aliphatic hydroxyl groups excluding tert-OH is 1. The lowest BCUT2D eigenvalue weighted by molar-refractivity contribution is 0.0641. The number of hydrogen-bond acceptors (Lipinski definition) is 2. The number of rotatable bonds is 1. The molecule has 0 saturated carbocycles. The summed E-state index contributed by atoms with van der Waals surface area (Å²) in [4.78, 5) is 0. The minimum Gasteiger partial charge on any atom is -0.493 e. The van der Waals surface area contributed by atoms with Gasteiger partial charge in [0.15, 0.2) is 0 Å². The Kier molecular flexibility index (Phi) is 2.32. The fourth-order valence-corrected chi connectivity index (χ4v) is 1.47. The van der Waals surface area contributed by atoms with E-state index in [1.165, 1.54) is 0 Å². The van der Waals surface area contributed by atoms with Crippen LogP contribution in [0.1, 0.15) is 18.1 Å². The lowest BCUT2D eigenvalue weighted by atomic mass is 10.0. The van der Waals surface area contributed by atoms with Crippen LogP contribution in [0, 0.1) is 0 Å². The van der Waals surface area contributed by atoms with E-state index in [0.717, 1.165) is 5.56 Å². The second kappa shape index (κ2) is 3.62. The average molecular weight is 176 g/mol. The Balaban J connectivity index is 2.15. The summed E-state index contributed by atoms with van der Waals surface area (Å²) in [5.74, 6) is 0. The lowest BCUT2D eigenvalue weighted by Crippen LogP contribution is -2.15. The molecule has 0 saturated heterocycles. The van der Waals surface area contributed by atoms with Crippen LogP contribution < -0.4 is 0 Å². The van der Waals surface area contributed by atoms with Gasteiger partial charge in [-0.15, -0.1) is 0 Å². The van der Waals surface area contributed by atoms with Gasteiger partial charge in [-0.1, -0.05) is 30.3 Å². The third-order valence-electron chi connectivity index (χ3n) is 2.17. The molecular weight excluding hydrogens is 164 g/mol. The van der Waals surface area contributed by atoms with Crippen LogP contribution in [0.15, 0.2) is 42.7 Å². The number of hydrogen-bond donors (Lipinski definition) is 1. The van der Waals surface area contributed by atoms with E-state index in [0.29, 0.717) is 6.42 Å². The highest BCUT2D eigenvalue weighted by Gasteiger charge is 2.18. The first-order valence-electron chi connectivity index (χ1n) is 4.41. The minimum atomic E-state index is -0.376.